The summed E-state index contributed by atoms with van der Waals surface area (Å²) in [5, 5.41) is 18.7. The van der Waals surface area contributed by atoms with Crippen molar-refractivity contribution in [1.82, 2.24) is 9.97 Å². The molecule has 0 radical (unpaired) electrons. The zero-order valence-electron chi connectivity index (χ0n) is 16.1. The number of carbonyl (C=O) groups is 1. The fourth-order valence-corrected chi connectivity index (χ4v) is 4.27. The second kappa shape index (κ2) is 8.89. The average Bonchev–Trinajstić information content (AvgIpc) is 3.33. The number of carboxylic acids is 1. The lowest BCUT2D eigenvalue weighted by molar-refractivity contribution is -0.134. The summed E-state index contributed by atoms with van der Waals surface area (Å²) < 4.78 is 5.37. The number of carboxylic acid groups (broad SMARTS) is 1. The van der Waals surface area contributed by atoms with E-state index < -0.39 is 5.97 Å². The standard InChI is InChI=1S/C18H16N4OS2.C2H4O2/c1-10(2)19-18-20-11(3)16(25-18)14-9-24-17(22-14)21-13-4-5-15-12(8-13)6-7-23-15;1-2(3)4/h4-9H,1H2,2-3H3,(H,19,20)(H,21,22);1H3,(H,3,4). The van der Waals surface area contributed by atoms with E-state index in [0.717, 1.165) is 55.8 Å². The van der Waals surface area contributed by atoms with Gasteiger partial charge in [0.15, 0.2) is 10.3 Å². The number of aryl methyl sites for hydroxylation is 1. The number of benzene rings is 1. The van der Waals surface area contributed by atoms with Crippen LogP contribution in [0.15, 0.2) is 52.6 Å². The predicted molar refractivity (Wildman–Crippen MR) is 119 cm³/mol. The van der Waals surface area contributed by atoms with Gasteiger partial charge in [0.05, 0.1) is 22.5 Å². The minimum atomic E-state index is -0.833. The Kier molecular flexibility index (Phi) is 6.30. The van der Waals surface area contributed by atoms with Gasteiger partial charge < -0.3 is 20.2 Å². The van der Waals surface area contributed by atoms with Gasteiger partial charge in [0, 0.05) is 29.1 Å². The molecule has 0 saturated carbocycles. The number of anilines is 3. The number of nitrogens with zero attached hydrogens (tertiary/aromatic N) is 2. The van der Waals surface area contributed by atoms with Gasteiger partial charge in [-0.2, -0.15) is 0 Å². The number of hydrogen-bond acceptors (Lipinski definition) is 8. The number of furan rings is 1. The van der Waals surface area contributed by atoms with E-state index in [9.17, 15) is 0 Å². The molecule has 3 aromatic heterocycles. The van der Waals surface area contributed by atoms with E-state index in [2.05, 4.69) is 22.2 Å². The van der Waals surface area contributed by atoms with Crippen molar-refractivity contribution in [3.63, 3.8) is 0 Å². The molecule has 150 valence electrons. The fourth-order valence-electron chi connectivity index (χ4n) is 2.47. The molecule has 0 spiro atoms. The summed E-state index contributed by atoms with van der Waals surface area (Å²) in [6.45, 7) is 8.85. The molecule has 9 heteroatoms. The number of rotatable bonds is 5. The lowest BCUT2D eigenvalue weighted by atomic mass is 10.2. The molecule has 4 rings (SSSR count). The summed E-state index contributed by atoms with van der Waals surface area (Å²) in [5.41, 5.74) is 4.63. The Bertz CT molecular complexity index is 1160. The van der Waals surface area contributed by atoms with E-state index in [1.165, 1.54) is 0 Å². The molecule has 0 amide bonds. The molecule has 0 saturated heterocycles. The van der Waals surface area contributed by atoms with Crippen LogP contribution >= 0.6 is 22.7 Å². The molecular formula is C20H20N4O3S2. The van der Waals surface area contributed by atoms with Gasteiger partial charge >= 0.3 is 0 Å². The van der Waals surface area contributed by atoms with Crippen LogP contribution in [-0.2, 0) is 4.79 Å². The van der Waals surface area contributed by atoms with Crippen molar-refractivity contribution in [3.05, 3.63) is 53.9 Å². The Morgan fingerprint density at radius 3 is 2.69 bits per heavy atom. The number of allylic oxidation sites excluding steroid dienone is 1. The molecule has 3 N–H and O–H groups in total. The first-order chi connectivity index (χ1) is 13.8. The molecule has 0 unspecified atom stereocenters. The van der Waals surface area contributed by atoms with Crippen LogP contribution in [0.3, 0.4) is 0 Å². The van der Waals surface area contributed by atoms with Crippen LogP contribution < -0.4 is 10.6 Å². The molecule has 7 nitrogen and oxygen atoms in total. The number of nitrogens with one attached hydrogen (secondary N) is 2. The van der Waals surface area contributed by atoms with Crippen LogP contribution in [0.1, 0.15) is 19.5 Å². The Morgan fingerprint density at radius 1 is 1.21 bits per heavy atom. The Labute approximate surface area is 175 Å². The molecule has 0 bridgehead atoms. The predicted octanol–water partition coefficient (Wildman–Crippen LogP) is 6.10. The third-order valence-electron chi connectivity index (χ3n) is 3.56. The Balaban J connectivity index is 0.000000552. The molecule has 29 heavy (non-hydrogen) atoms. The minimum absolute atomic E-state index is 0.833. The molecule has 3 heterocycles. The monoisotopic (exact) mass is 428 g/mol. The van der Waals surface area contributed by atoms with Crippen LogP contribution in [0.25, 0.3) is 21.5 Å². The summed E-state index contributed by atoms with van der Waals surface area (Å²) in [6, 6.07) is 7.94. The first-order valence-corrected chi connectivity index (χ1v) is 10.3. The molecule has 1 aromatic carbocycles. The topological polar surface area (TPSA) is 100 Å². The van der Waals surface area contributed by atoms with E-state index in [0.29, 0.717) is 0 Å². The van der Waals surface area contributed by atoms with E-state index in [1.807, 2.05) is 43.5 Å². The quantitative estimate of drug-likeness (QED) is 0.353. The van der Waals surface area contributed by atoms with Crippen molar-refractivity contribution < 1.29 is 14.3 Å². The molecule has 0 fully saturated rings. The van der Waals surface area contributed by atoms with E-state index in [-0.39, 0.29) is 0 Å². The first-order valence-electron chi connectivity index (χ1n) is 8.61. The largest absolute Gasteiger partial charge is 0.481 e. The van der Waals surface area contributed by atoms with Crippen LogP contribution in [0.4, 0.5) is 16.0 Å². The van der Waals surface area contributed by atoms with E-state index in [1.54, 1.807) is 28.9 Å². The van der Waals surface area contributed by atoms with Crippen LogP contribution in [0, 0.1) is 6.92 Å². The van der Waals surface area contributed by atoms with Crippen LogP contribution in [0.2, 0.25) is 0 Å². The van der Waals surface area contributed by atoms with Crippen molar-refractivity contribution in [2.24, 2.45) is 0 Å². The molecule has 0 aliphatic heterocycles. The van der Waals surface area contributed by atoms with Crippen molar-refractivity contribution in [1.29, 1.82) is 0 Å². The maximum absolute atomic E-state index is 9.00. The summed E-state index contributed by atoms with van der Waals surface area (Å²) in [6.07, 6.45) is 1.69. The highest BCUT2D eigenvalue weighted by Crippen LogP contribution is 2.35. The zero-order chi connectivity index (χ0) is 21.0. The minimum Gasteiger partial charge on any atom is -0.481 e. The summed E-state index contributed by atoms with van der Waals surface area (Å²) in [7, 11) is 0. The van der Waals surface area contributed by atoms with Crippen molar-refractivity contribution in [2.45, 2.75) is 20.8 Å². The maximum Gasteiger partial charge on any atom is 0.300 e. The lowest BCUT2D eigenvalue weighted by Crippen LogP contribution is -1.91. The molecule has 4 aromatic rings. The highest BCUT2D eigenvalue weighted by Gasteiger charge is 2.13. The third-order valence-corrected chi connectivity index (χ3v) is 5.41. The number of aliphatic carboxylic acids is 1. The highest BCUT2D eigenvalue weighted by atomic mass is 32.1. The van der Waals surface area contributed by atoms with E-state index in [4.69, 9.17) is 19.3 Å². The lowest BCUT2D eigenvalue weighted by Gasteiger charge is -2.01. The van der Waals surface area contributed by atoms with Crippen LogP contribution in [-0.4, -0.2) is 21.0 Å². The Morgan fingerprint density at radius 2 is 1.97 bits per heavy atom. The summed E-state index contributed by atoms with van der Waals surface area (Å²) >= 11 is 3.16. The zero-order valence-corrected chi connectivity index (χ0v) is 17.8. The second-order valence-corrected chi connectivity index (χ2v) is 8.05. The second-order valence-electron chi connectivity index (χ2n) is 6.19. The van der Waals surface area contributed by atoms with E-state index >= 15 is 0 Å². The average molecular weight is 429 g/mol. The van der Waals surface area contributed by atoms with Gasteiger partial charge in [-0.1, -0.05) is 17.9 Å². The van der Waals surface area contributed by atoms with Crippen molar-refractivity contribution in [2.75, 3.05) is 10.6 Å². The highest BCUT2D eigenvalue weighted by molar-refractivity contribution is 7.19. The summed E-state index contributed by atoms with van der Waals surface area (Å²) in [4.78, 5) is 19.3. The Hall–Kier alpha value is -3.17. The van der Waals surface area contributed by atoms with Gasteiger partial charge in [0.2, 0.25) is 0 Å². The van der Waals surface area contributed by atoms with Gasteiger partial charge in [0.1, 0.15) is 5.58 Å². The summed E-state index contributed by atoms with van der Waals surface area (Å²) in [5.74, 6) is -0.833. The smallest absolute Gasteiger partial charge is 0.300 e. The van der Waals surface area contributed by atoms with Crippen molar-refractivity contribution >= 4 is 55.6 Å². The van der Waals surface area contributed by atoms with Gasteiger partial charge in [-0.25, -0.2) is 9.97 Å². The van der Waals surface area contributed by atoms with Gasteiger partial charge in [-0.05, 0) is 38.1 Å². The van der Waals surface area contributed by atoms with Gasteiger partial charge in [-0.15, -0.1) is 11.3 Å². The molecule has 0 aliphatic carbocycles. The SMILES string of the molecule is C=C(C)Nc1nc(C)c(-c2csc(Nc3ccc4occc4c3)n2)s1.CC(=O)O. The number of thiazole rings is 2. The number of fused-ring (bicyclic) bond motifs is 1. The number of aromatic nitrogens is 2. The normalized spacial score (nSPS) is 10.3. The van der Waals surface area contributed by atoms with Gasteiger partial charge in [-0.3, -0.25) is 4.79 Å². The molecular weight excluding hydrogens is 408 g/mol. The maximum atomic E-state index is 9.00. The molecule has 0 aliphatic rings. The van der Waals surface area contributed by atoms with Gasteiger partial charge in [0.25, 0.3) is 5.97 Å². The fraction of sp³-hybridized carbons (Fsp3) is 0.150. The van der Waals surface area contributed by atoms with Crippen molar-refractivity contribution in [3.8, 4) is 10.6 Å². The van der Waals surface area contributed by atoms with Crippen LogP contribution in [0.5, 0.6) is 0 Å². The molecule has 0 atom stereocenters. The first kappa shape index (κ1) is 20.6. The third kappa shape index (κ3) is 5.43. The number of hydrogen-bond donors (Lipinski definition) is 3.